The number of amides is 2. The van der Waals surface area contributed by atoms with Gasteiger partial charge in [0.2, 0.25) is 5.82 Å². The van der Waals surface area contributed by atoms with Crippen molar-refractivity contribution in [3.8, 4) is 0 Å². The van der Waals surface area contributed by atoms with Crippen LogP contribution in [0.3, 0.4) is 0 Å². The summed E-state index contributed by atoms with van der Waals surface area (Å²) < 4.78 is 1.67. The second-order valence-corrected chi connectivity index (χ2v) is 6.69. The van der Waals surface area contributed by atoms with Crippen molar-refractivity contribution in [2.24, 2.45) is 0 Å². The molecule has 0 saturated carbocycles. The fourth-order valence-corrected chi connectivity index (χ4v) is 3.05. The van der Waals surface area contributed by atoms with E-state index in [4.69, 9.17) is 0 Å². The lowest BCUT2D eigenvalue weighted by molar-refractivity contribution is 0.0942. The second kappa shape index (κ2) is 9.69. The van der Waals surface area contributed by atoms with Gasteiger partial charge in [0.25, 0.3) is 11.8 Å². The van der Waals surface area contributed by atoms with Gasteiger partial charge in [-0.2, -0.15) is 0 Å². The van der Waals surface area contributed by atoms with Gasteiger partial charge in [-0.05, 0) is 37.0 Å². The topological polar surface area (TPSA) is 75.5 Å². The third-order valence-electron chi connectivity index (χ3n) is 4.55. The summed E-state index contributed by atoms with van der Waals surface area (Å²) >= 11 is 0. The van der Waals surface area contributed by atoms with Crippen LogP contribution in [0.5, 0.6) is 0 Å². The Labute approximate surface area is 165 Å². The molecule has 2 heterocycles. The maximum atomic E-state index is 12.6. The van der Waals surface area contributed by atoms with Crippen molar-refractivity contribution in [2.45, 2.75) is 32.6 Å². The zero-order valence-electron chi connectivity index (χ0n) is 16.1. The molecule has 0 spiro atoms. The highest BCUT2D eigenvalue weighted by Crippen LogP contribution is 2.13. The van der Waals surface area contributed by atoms with Crippen LogP contribution < -0.4 is 10.6 Å². The standard InChI is InChI=1S/C22H26N4O2/c1-2-3-14-24-22(28)20-25-19(18-13-7-8-16-26(18)20)21(27)23-15-9-12-17-10-5-4-6-11-17/h4-8,10-11,13,16H,2-3,9,12,14-15H2,1H3,(H,23,27)(H,24,28). The van der Waals surface area contributed by atoms with E-state index in [1.165, 1.54) is 5.56 Å². The first-order valence-corrected chi connectivity index (χ1v) is 9.78. The number of imidazole rings is 1. The molecule has 28 heavy (non-hydrogen) atoms. The van der Waals surface area contributed by atoms with E-state index in [2.05, 4.69) is 34.7 Å². The SMILES string of the molecule is CCCCNC(=O)c1nc(C(=O)NCCCc2ccccc2)c2ccccn12. The lowest BCUT2D eigenvalue weighted by atomic mass is 10.1. The molecule has 6 nitrogen and oxygen atoms in total. The molecule has 0 atom stereocenters. The molecule has 0 radical (unpaired) electrons. The number of carbonyl (C=O) groups is 2. The summed E-state index contributed by atoms with van der Waals surface area (Å²) in [7, 11) is 0. The molecule has 6 heteroatoms. The summed E-state index contributed by atoms with van der Waals surface area (Å²) in [5.41, 5.74) is 2.15. The third-order valence-corrected chi connectivity index (χ3v) is 4.55. The number of unbranched alkanes of at least 4 members (excludes halogenated alkanes) is 1. The molecule has 0 aliphatic heterocycles. The minimum Gasteiger partial charge on any atom is -0.351 e. The Kier molecular flexibility index (Phi) is 6.78. The average Bonchev–Trinajstić information content (AvgIpc) is 3.12. The van der Waals surface area contributed by atoms with Crippen LogP contribution in [-0.2, 0) is 6.42 Å². The van der Waals surface area contributed by atoms with Crippen LogP contribution in [0, 0.1) is 0 Å². The van der Waals surface area contributed by atoms with Crippen molar-refractivity contribution in [3.05, 3.63) is 71.8 Å². The second-order valence-electron chi connectivity index (χ2n) is 6.69. The Hall–Kier alpha value is -3.15. The van der Waals surface area contributed by atoms with Gasteiger partial charge in [0.15, 0.2) is 5.69 Å². The number of fused-ring (bicyclic) bond motifs is 1. The summed E-state index contributed by atoms with van der Waals surface area (Å²) in [6.45, 7) is 3.22. The Morgan fingerprint density at radius 2 is 1.64 bits per heavy atom. The molecule has 0 fully saturated rings. The van der Waals surface area contributed by atoms with Crippen molar-refractivity contribution in [1.29, 1.82) is 0 Å². The van der Waals surface area contributed by atoms with Gasteiger partial charge < -0.3 is 10.6 Å². The predicted molar refractivity (Wildman–Crippen MR) is 110 cm³/mol. The molecule has 0 aliphatic carbocycles. The smallest absolute Gasteiger partial charge is 0.287 e. The summed E-state index contributed by atoms with van der Waals surface area (Å²) in [5, 5.41) is 5.78. The number of aryl methyl sites for hydroxylation is 1. The van der Waals surface area contributed by atoms with Crippen molar-refractivity contribution in [3.63, 3.8) is 0 Å². The molecule has 3 rings (SSSR count). The fourth-order valence-electron chi connectivity index (χ4n) is 3.05. The lowest BCUT2D eigenvalue weighted by Gasteiger charge is -2.04. The number of pyridine rings is 1. The fraction of sp³-hybridized carbons (Fsp3) is 0.318. The molecule has 146 valence electrons. The Morgan fingerprint density at radius 1 is 0.929 bits per heavy atom. The number of carbonyl (C=O) groups excluding carboxylic acids is 2. The van der Waals surface area contributed by atoms with Crippen molar-refractivity contribution in [1.82, 2.24) is 20.0 Å². The van der Waals surface area contributed by atoms with E-state index < -0.39 is 0 Å². The number of hydrogen-bond donors (Lipinski definition) is 2. The monoisotopic (exact) mass is 378 g/mol. The van der Waals surface area contributed by atoms with Gasteiger partial charge in [-0.3, -0.25) is 14.0 Å². The number of aromatic nitrogens is 2. The highest BCUT2D eigenvalue weighted by molar-refractivity contribution is 6.02. The summed E-state index contributed by atoms with van der Waals surface area (Å²) in [6.07, 6.45) is 5.40. The molecule has 0 aliphatic rings. The molecular weight excluding hydrogens is 352 g/mol. The number of nitrogens with one attached hydrogen (secondary N) is 2. The van der Waals surface area contributed by atoms with Crippen LogP contribution in [0.25, 0.3) is 5.52 Å². The maximum absolute atomic E-state index is 12.6. The van der Waals surface area contributed by atoms with Gasteiger partial charge >= 0.3 is 0 Å². The number of nitrogens with zero attached hydrogens (tertiary/aromatic N) is 2. The van der Waals surface area contributed by atoms with Crippen LogP contribution in [-0.4, -0.2) is 34.3 Å². The zero-order chi connectivity index (χ0) is 19.8. The third kappa shape index (κ3) is 4.76. The van der Waals surface area contributed by atoms with E-state index >= 15 is 0 Å². The molecule has 0 unspecified atom stereocenters. The first-order chi connectivity index (χ1) is 13.7. The highest BCUT2D eigenvalue weighted by Gasteiger charge is 2.20. The Morgan fingerprint density at radius 3 is 2.43 bits per heavy atom. The molecule has 1 aromatic carbocycles. The summed E-state index contributed by atoms with van der Waals surface area (Å²) in [5.74, 6) is -0.289. The highest BCUT2D eigenvalue weighted by atomic mass is 16.2. The van der Waals surface area contributed by atoms with Gasteiger partial charge in [-0.1, -0.05) is 49.7 Å². The van der Waals surface area contributed by atoms with E-state index in [1.807, 2.05) is 30.3 Å². The van der Waals surface area contributed by atoms with E-state index in [9.17, 15) is 9.59 Å². The predicted octanol–water partition coefficient (Wildman–Crippen LogP) is 3.23. The van der Waals surface area contributed by atoms with Gasteiger partial charge in [0.05, 0.1) is 5.52 Å². The first kappa shape index (κ1) is 19.6. The summed E-state index contributed by atoms with van der Waals surface area (Å²) in [4.78, 5) is 29.5. The number of rotatable bonds is 9. The van der Waals surface area contributed by atoms with Gasteiger partial charge in [0, 0.05) is 19.3 Å². The maximum Gasteiger partial charge on any atom is 0.287 e. The van der Waals surface area contributed by atoms with Crippen LogP contribution >= 0.6 is 0 Å². The molecule has 3 aromatic rings. The van der Waals surface area contributed by atoms with Gasteiger partial charge in [-0.15, -0.1) is 0 Å². The van der Waals surface area contributed by atoms with E-state index in [0.717, 1.165) is 25.7 Å². The molecule has 0 bridgehead atoms. The molecule has 0 saturated heterocycles. The lowest BCUT2D eigenvalue weighted by Crippen LogP contribution is -2.27. The largest absolute Gasteiger partial charge is 0.351 e. The van der Waals surface area contributed by atoms with Crippen molar-refractivity contribution >= 4 is 17.3 Å². The van der Waals surface area contributed by atoms with Gasteiger partial charge in [-0.25, -0.2) is 4.98 Å². The normalized spacial score (nSPS) is 10.8. The van der Waals surface area contributed by atoms with Crippen LogP contribution in [0.1, 0.15) is 52.9 Å². The quantitative estimate of drug-likeness (QED) is 0.561. The number of hydrogen-bond acceptors (Lipinski definition) is 3. The van der Waals surface area contributed by atoms with E-state index in [0.29, 0.717) is 18.6 Å². The molecular formula is C22H26N4O2. The Bertz CT molecular complexity index is 934. The minimum absolute atomic E-state index is 0.237. The van der Waals surface area contributed by atoms with Crippen molar-refractivity contribution in [2.75, 3.05) is 13.1 Å². The average molecular weight is 378 g/mol. The Balaban J connectivity index is 1.66. The first-order valence-electron chi connectivity index (χ1n) is 9.78. The zero-order valence-corrected chi connectivity index (χ0v) is 16.1. The van der Waals surface area contributed by atoms with Crippen LogP contribution in [0.4, 0.5) is 0 Å². The van der Waals surface area contributed by atoms with Crippen LogP contribution in [0.15, 0.2) is 54.7 Å². The molecule has 2 amide bonds. The molecule has 2 aromatic heterocycles. The van der Waals surface area contributed by atoms with E-state index in [-0.39, 0.29) is 23.3 Å². The summed E-state index contributed by atoms with van der Waals surface area (Å²) in [6, 6.07) is 15.6. The molecule has 2 N–H and O–H groups in total. The van der Waals surface area contributed by atoms with Gasteiger partial charge in [0.1, 0.15) is 0 Å². The van der Waals surface area contributed by atoms with E-state index in [1.54, 1.807) is 16.7 Å². The number of benzene rings is 1. The van der Waals surface area contributed by atoms with Crippen molar-refractivity contribution < 1.29 is 9.59 Å². The minimum atomic E-state index is -0.266. The van der Waals surface area contributed by atoms with Crippen LogP contribution in [0.2, 0.25) is 0 Å².